The Morgan fingerprint density at radius 3 is 1.13 bits per heavy atom. The Morgan fingerprint density at radius 1 is 0.600 bits per heavy atom. The summed E-state index contributed by atoms with van der Waals surface area (Å²) in [5.41, 5.74) is 2.55. The Bertz CT molecular complexity index is 324. The van der Waals surface area contributed by atoms with E-state index in [1.807, 2.05) is 12.1 Å². The summed E-state index contributed by atoms with van der Waals surface area (Å²) in [6.07, 6.45) is 0. The molecule has 0 N–H and O–H groups in total. The van der Waals surface area contributed by atoms with Gasteiger partial charge >= 0.3 is 35.0 Å². The van der Waals surface area contributed by atoms with Gasteiger partial charge in [-0.15, -0.1) is 0 Å². The predicted molar refractivity (Wildman–Crippen MR) is 63.6 cm³/mol. The first kappa shape index (κ1) is 12.8. The average molecular weight is 332 g/mol. The first-order chi connectivity index (χ1) is 7.38. The van der Waals surface area contributed by atoms with Crippen molar-refractivity contribution in [1.29, 1.82) is 0 Å². The van der Waals surface area contributed by atoms with Gasteiger partial charge in [-0.2, -0.15) is 0 Å². The zero-order chi connectivity index (χ0) is 10.9. The molecule has 0 nitrogen and oxygen atoms in total. The van der Waals surface area contributed by atoms with Crippen molar-refractivity contribution in [3.8, 4) is 11.1 Å². The van der Waals surface area contributed by atoms with Gasteiger partial charge in [0.1, 0.15) is 0 Å². The molecular weight excluding hydrogens is 321 g/mol. The van der Waals surface area contributed by atoms with E-state index in [1.165, 1.54) is 11.1 Å². The maximum atomic E-state index is 4.81. The van der Waals surface area contributed by atoms with Crippen LogP contribution in [-0.4, -0.2) is 0 Å². The summed E-state index contributed by atoms with van der Waals surface area (Å²) in [5, 5.41) is 0. The molecule has 15 heavy (non-hydrogen) atoms. The SMILES string of the molecule is [Cl][Pd][Cl].c1ccc(-c2ccccc2)cc1. The summed E-state index contributed by atoms with van der Waals surface area (Å²) in [7, 11) is 9.63. The number of rotatable bonds is 1. The Morgan fingerprint density at radius 2 is 0.867 bits per heavy atom. The predicted octanol–water partition coefficient (Wildman–Crippen LogP) is 4.73. The van der Waals surface area contributed by atoms with Crippen molar-refractivity contribution in [2.75, 3.05) is 0 Å². The minimum atomic E-state index is -0.106. The summed E-state index contributed by atoms with van der Waals surface area (Å²) in [6, 6.07) is 20.8. The van der Waals surface area contributed by atoms with Crippen LogP contribution in [0, 0.1) is 0 Å². The van der Waals surface area contributed by atoms with E-state index < -0.39 is 0 Å². The van der Waals surface area contributed by atoms with Crippen molar-refractivity contribution in [2.45, 2.75) is 0 Å². The largest absolute Gasteiger partial charge is 0.0622 e. The van der Waals surface area contributed by atoms with E-state index >= 15 is 0 Å². The standard InChI is InChI=1S/C12H10.2ClH.Pd/c1-3-7-11(8-4-1)12-9-5-2-6-10-12;;;/h1-10H;2*1H;/q;;;+2/p-2. The summed E-state index contributed by atoms with van der Waals surface area (Å²) in [5.74, 6) is 0. The van der Waals surface area contributed by atoms with E-state index in [1.54, 1.807) is 0 Å². The molecule has 0 amide bonds. The molecule has 0 spiro atoms. The molecule has 0 aromatic heterocycles. The normalized spacial score (nSPS) is 9.20. The van der Waals surface area contributed by atoms with Gasteiger partial charge in [0.25, 0.3) is 0 Å². The van der Waals surface area contributed by atoms with Crippen LogP contribution in [0.4, 0.5) is 0 Å². The number of halogens is 2. The maximum Gasteiger partial charge on any atom is -0.0184 e. The minimum Gasteiger partial charge on any atom is -0.0622 e. The number of benzene rings is 2. The number of hydrogen-bond donors (Lipinski definition) is 0. The fourth-order valence-corrected chi connectivity index (χ4v) is 1.26. The zero-order valence-electron chi connectivity index (χ0n) is 7.85. The third-order valence-electron chi connectivity index (χ3n) is 1.88. The van der Waals surface area contributed by atoms with Crippen LogP contribution in [0.2, 0.25) is 0 Å². The molecule has 0 bridgehead atoms. The van der Waals surface area contributed by atoms with Gasteiger partial charge in [-0.3, -0.25) is 0 Å². The van der Waals surface area contributed by atoms with Crippen LogP contribution in [0.15, 0.2) is 60.7 Å². The quantitative estimate of drug-likeness (QED) is 0.663. The van der Waals surface area contributed by atoms with Gasteiger partial charge in [0.05, 0.1) is 0 Å². The molecule has 0 fully saturated rings. The van der Waals surface area contributed by atoms with E-state index in [0.29, 0.717) is 0 Å². The first-order valence-corrected chi connectivity index (χ1v) is 8.31. The van der Waals surface area contributed by atoms with Crippen molar-refractivity contribution >= 4 is 19.1 Å². The van der Waals surface area contributed by atoms with Crippen molar-refractivity contribution < 1.29 is 15.9 Å². The molecule has 0 saturated heterocycles. The first-order valence-electron chi connectivity index (χ1n) is 4.31. The molecule has 0 aliphatic carbocycles. The summed E-state index contributed by atoms with van der Waals surface area (Å²) >= 11 is -0.106. The van der Waals surface area contributed by atoms with Gasteiger partial charge in [0.2, 0.25) is 0 Å². The third kappa shape index (κ3) is 4.82. The summed E-state index contributed by atoms with van der Waals surface area (Å²) in [6.45, 7) is 0. The van der Waals surface area contributed by atoms with Crippen LogP contribution in [0.3, 0.4) is 0 Å². The van der Waals surface area contributed by atoms with Crippen LogP contribution in [0.1, 0.15) is 0 Å². The minimum absolute atomic E-state index is 0.106. The molecule has 0 saturated carbocycles. The van der Waals surface area contributed by atoms with E-state index in [-0.39, 0.29) is 15.9 Å². The van der Waals surface area contributed by atoms with Crippen LogP contribution in [0.25, 0.3) is 11.1 Å². The Kier molecular flexibility index (Phi) is 6.72. The van der Waals surface area contributed by atoms with Crippen LogP contribution < -0.4 is 0 Å². The topological polar surface area (TPSA) is 0 Å². The fourth-order valence-electron chi connectivity index (χ4n) is 1.26. The van der Waals surface area contributed by atoms with E-state index in [9.17, 15) is 0 Å². The van der Waals surface area contributed by atoms with Gasteiger partial charge in [-0.05, 0) is 11.1 Å². The van der Waals surface area contributed by atoms with Gasteiger partial charge in [0, 0.05) is 0 Å². The fraction of sp³-hybridized carbons (Fsp3) is 0. The van der Waals surface area contributed by atoms with Gasteiger partial charge in [-0.1, -0.05) is 60.7 Å². The molecule has 3 heteroatoms. The van der Waals surface area contributed by atoms with E-state index in [4.69, 9.17) is 19.1 Å². The van der Waals surface area contributed by atoms with Crippen molar-refractivity contribution in [2.24, 2.45) is 0 Å². The molecule has 2 aromatic carbocycles. The molecule has 2 aromatic rings. The molecule has 82 valence electrons. The molecular formula is C12H10Cl2Pd. The Balaban J connectivity index is 0.000000337. The molecule has 0 atom stereocenters. The summed E-state index contributed by atoms with van der Waals surface area (Å²) in [4.78, 5) is 0. The number of hydrogen-bond acceptors (Lipinski definition) is 0. The second-order valence-corrected chi connectivity index (χ2v) is 5.14. The molecule has 0 unspecified atom stereocenters. The van der Waals surface area contributed by atoms with E-state index in [2.05, 4.69) is 48.5 Å². The van der Waals surface area contributed by atoms with Crippen LogP contribution >= 0.6 is 19.1 Å². The third-order valence-corrected chi connectivity index (χ3v) is 1.88. The molecule has 0 radical (unpaired) electrons. The van der Waals surface area contributed by atoms with Gasteiger partial charge < -0.3 is 0 Å². The Labute approximate surface area is 106 Å². The smallest absolute Gasteiger partial charge is 0.0184 e. The molecule has 0 aliphatic rings. The monoisotopic (exact) mass is 330 g/mol. The second-order valence-electron chi connectivity index (χ2n) is 2.78. The van der Waals surface area contributed by atoms with E-state index in [0.717, 1.165) is 0 Å². The summed E-state index contributed by atoms with van der Waals surface area (Å²) < 4.78 is 0. The van der Waals surface area contributed by atoms with Gasteiger partial charge in [-0.25, -0.2) is 0 Å². The zero-order valence-corrected chi connectivity index (χ0v) is 10.9. The van der Waals surface area contributed by atoms with Crippen LogP contribution in [-0.2, 0) is 15.9 Å². The second kappa shape index (κ2) is 7.91. The van der Waals surface area contributed by atoms with Crippen molar-refractivity contribution in [3.05, 3.63) is 60.7 Å². The average Bonchev–Trinajstić information content (AvgIpc) is 2.32. The maximum absolute atomic E-state index is 4.81. The van der Waals surface area contributed by atoms with Crippen molar-refractivity contribution in [3.63, 3.8) is 0 Å². The molecule has 0 heterocycles. The molecule has 2 rings (SSSR count). The van der Waals surface area contributed by atoms with Crippen molar-refractivity contribution in [1.82, 2.24) is 0 Å². The Hall–Kier alpha value is -0.318. The van der Waals surface area contributed by atoms with Crippen LogP contribution in [0.5, 0.6) is 0 Å². The van der Waals surface area contributed by atoms with Gasteiger partial charge in [0.15, 0.2) is 0 Å². The molecule has 0 aliphatic heterocycles.